The molecule has 0 radical (unpaired) electrons. The number of anilines is 2. The summed E-state index contributed by atoms with van der Waals surface area (Å²) >= 11 is 0. The summed E-state index contributed by atoms with van der Waals surface area (Å²) in [5.41, 5.74) is 20.6. The third kappa shape index (κ3) is 9.69. The summed E-state index contributed by atoms with van der Waals surface area (Å²) in [4.78, 5) is 73.3. The number of nitrogens with one attached hydrogen (secondary N) is 5. The van der Waals surface area contributed by atoms with Crippen LogP contribution in [0.25, 0.3) is 66.6 Å². The molecule has 0 saturated heterocycles. The van der Waals surface area contributed by atoms with Crippen LogP contribution in [-0.2, 0) is 35.5 Å². The van der Waals surface area contributed by atoms with E-state index in [1.807, 2.05) is 78.9 Å². The predicted molar refractivity (Wildman–Crippen MR) is 300 cm³/mol. The Kier molecular flexibility index (Phi) is 14.6. The molecule has 6 heterocycles. The molecule has 13 heteroatoms. The van der Waals surface area contributed by atoms with Gasteiger partial charge in [-0.25, -0.2) is 19.6 Å². The van der Waals surface area contributed by atoms with Gasteiger partial charge in [0.25, 0.3) is 5.56 Å². The number of hydrogen-bond donors (Lipinski definition) is 5. The molecule has 7 aromatic rings. The third-order valence-corrected chi connectivity index (χ3v) is 14.6. The fraction of sp³-hybridized carbons (Fsp3) is 0.279. The molecule has 2 aliphatic heterocycles. The number of allylic oxidation sites excluding steroid dienone is 4. The van der Waals surface area contributed by atoms with Crippen molar-refractivity contribution in [1.29, 1.82) is 0 Å². The number of nitrogens with zero attached hydrogens (tertiary/aromatic N) is 3. The highest BCUT2D eigenvalue weighted by Crippen LogP contribution is 2.46. The van der Waals surface area contributed by atoms with Crippen LogP contribution >= 0.6 is 0 Å². The second-order valence-corrected chi connectivity index (χ2v) is 19.1. The molecular weight excluding hydrogens is 925 g/mol. The van der Waals surface area contributed by atoms with Crippen molar-refractivity contribution in [2.75, 3.05) is 10.6 Å². The fourth-order valence-corrected chi connectivity index (χ4v) is 10.7. The first-order valence-electron chi connectivity index (χ1n) is 25.7. The zero-order valence-electron chi connectivity index (χ0n) is 43.8. The van der Waals surface area contributed by atoms with Gasteiger partial charge in [0.1, 0.15) is 6.61 Å². The van der Waals surface area contributed by atoms with Crippen LogP contribution in [0.4, 0.5) is 16.2 Å². The molecule has 0 atom stereocenters. The monoisotopic (exact) mass is 988 g/mol. The lowest BCUT2D eigenvalue weighted by atomic mass is 9.92. The van der Waals surface area contributed by atoms with E-state index in [0.29, 0.717) is 23.4 Å². The van der Waals surface area contributed by atoms with Crippen molar-refractivity contribution < 1.29 is 14.3 Å². The van der Waals surface area contributed by atoms with Crippen molar-refractivity contribution in [1.82, 2.24) is 29.5 Å². The standard InChI is InChI=1S/C61H64N8O5/c1-10-40-35(6)55-53(44-24-17-19-26-46(44)62-52(70)28-21-29-69-32-34(5)59(71)68-60(69)72)56-36(7)41(11-2)49(64-56)31-51-43(13-4)38(9)58(66-51)54(57-37(8)42(12-3)50(65-57)30-48(40)63-55)45-25-18-20-27-47(45)67-61(73)74-33-39-22-15-14-16-23-39/h14-20,22-27,30-32,65-66H,10-13,21,28-29,33H2,1-9H3,(H,62,70)(H,67,73)(H,68,71,72). The molecule has 2 amide bonds. The normalized spacial score (nSPS) is 12.4. The number of benzene rings is 3. The number of rotatable bonds is 14. The van der Waals surface area contributed by atoms with Crippen LogP contribution in [0.5, 0.6) is 0 Å². The largest absolute Gasteiger partial charge is 0.444 e. The second kappa shape index (κ2) is 21.4. The van der Waals surface area contributed by atoms with Crippen LogP contribution in [0, 0.1) is 20.8 Å². The number of aromatic nitrogens is 6. The zero-order valence-corrected chi connectivity index (χ0v) is 43.8. The lowest BCUT2D eigenvalue weighted by Gasteiger charge is -2.15. The molecule has 8 bridgehead atoms. The molecular formula is C61H64N8O5. The number of ether oxygens (including phenoxy) is 1. The summed E-state index contributed by atoms with van der Waals surface area (Å²) < 4.78 is 7.19. The maximum atomic E-state index is 13.9. The molecule has 13 nitrogen and oxygen atoms in total. The van der Waals surface area contributed by atoms with Gasteiger partial charge in [0.15, 0.2) is 0 Å². The van der Waals surface area contributed by atoms with Crippen molar-refractivity contribution >= 4 is 67.7 Å². The van der Waals surface area contributed by atoms with E-state index in [2.05, 4.69) is 93.1 Å². The Balaban J connectivity index is 1.28. The summed E-state index contributed by atoms with van der Waals surface area (Å²) in [6, 6.07) is 29.7. The van der Waals surface area contributed by atoms with Crippen LogP contribution in [0.2, 0.25) is 0 Å². The smallest absolute Gasteiger partial charge is 0.411 e. The zero-order chi connectivity index (χ0) is 52.4. The molecule has 0 fully saturated rings. The number of carbonyl (C=O) groups excluding carboxylic acids is 2. The second-order valence-electron chi connectivity index (χ2n) is 19.1. The van der Waals surface area contributed by atoms with Crippen LogP contribution < -0.4 is 21.9 Å². The lowest BCUT2D eigenvalue weighted by Crippen LogP contribution is -2.31. The lowest BCUT2D eigenvalue weighted by molar-refractivity contribution is -0.116. The quantitative estimate of drug-likeness (QED) is 0.0719. The van der Waals surface area contributed by atoms with Gasteiger partial charge in [0.05, 0.1) is 39.5 Å². The Morgan fingerprint density at radius 3 is 1.68 bits per heavy atom. The van der Waals surface area contributed by atoms with Gasteiger partial charge in [-0.3, -0.25) is 19.9 Å². The highest BCUT2D eigenvalue weighted by Gasteiger charge is 2.28. The SMILES string of the molecule is CCC1=C(C)c2nc1cc1[nH]c(c(C)c1CC)c(-c1ccccc1NC(=O)OCc1ccccc1)c1[nH]c(cc3nc(c2-c2ccccc2NC(=O)CCCn2cc(C)c(=O)[nH]c2=O)C(C)=C3CC)c(CC)c1C. The Morgan fingerprint density at radius 1 is 0.622 bits per heavy atom. The molecule has 0 spiro atoms. The summed E-state index contributed by atoms with van der Waals surface area (Å²) in [6.07, 6.45) is 4.43. The van der Waals surface area contributed by atoms with E-state index in [0.717, 1.165) is 143 Å². The van der Waals surface area contributed by atoms with Crippen LogP contribution in [0.1, 0.15) is 123 Å². The maximum absolute atomic E-state index is 13.9. The Morgan fingerprint density at radius 2 is 1.14 bits per heavy atom. The molecule has 4 aromatic heterocycles. The summed E-state index contributed by atoms with van der Waals surface area (Å²) in [5.74, 6) is -0.209. The van der Waals surface area contributed by atoms with Crippen molar-refractivity contribution in [3.8, 4) is 22.3 Å². The van der Waals surface area contributed by atoms with E-state index in [4.69, 9.17) is 14.7 Å². The molecule has 0 saturated carbocycles. The minimum Gasteiger partial charge on any atom is -0.444 e. The van der Waals surface area contributed by atoms with E-state index in [1.54, 1.807) is 6.92 Å². The number of aromatic amines is 3. The van der Waals surface area contributed by atoms with E-state index >= 15 is 0 Å². The molecule has 0 unspecified atom stereocenters. The highest BCUT2D eigenvalue weighted by molar-refractivity contribution is 6.07. The number of para-hydroxylation sites is 2. The van der Waals surface area contributed by atoms with E-state index in [1.165, 1.54) is 10.8 Å². The number of H-pyrrole nitrogens is 3. The van der Waals surface area contributed by atoms with Gasteiger partial charge in [-0.1, -0.05) is 94.4 Å². The van der Waals surface area contributed by atoms with Gasteiger partial charge in [0.2, 0.25) is 5.91 Å². The number of fused-ring (bicyclic) bond motifs is 8. The number of hydrogen-bond acceptors (Lipinski definition) is 7. The Hall–Kier alpha value is -8.32. The van der Waals surface area contributed by atoms with Crippen molar-refractivity contribution in [2.24, 2.45) is 0 Å². The molecule has 9 rings (SSSR count). The Bertz CT molecular complexity index is 3610. The van der Waals surface area contributed by atoms with Crippen LogP contribution in [0.3, 0.4) is 0 Å². The van der Waals surface area contributed by atoms with E-state index in [9.17, 15) is 19.2 Å². The van der Waals surface area contributed by atoms with Crippen molar-refractivity contribution in [3.63, 3.8) is 0 Å². The average Bonchev–Trinajstić information content (AvgIpc) is 4.09. The van der Waals surface area contributed by atoms with Crippen LogP contribution in [0.15, 0.2) is 107 Å². The topological polar surface area (TPSA) is 180 Å². The van der Waals surface area contributed by atoms with Gasteiger partial charge in [-0.05, 0) is 141 Å². The summed E-state index contributed by atoms with van der Waals surface area (Å²) in [5, 5.41) is 6.31. The van der Waals surface area contributed by atoms with Gasteiger partial charge in [-0.15, -0.1) is 0 Å². The van der Waals surface area contributed by atoms with Crippen molar-refractivity contribution in [2.45, 2.75) is 114 Å². The number of carbonyl (C=O) groups is 2. The molecule has 2 aliphatic rings. The van der Waals surface area contributed by atoms with Crippen LogP contribution in [-0.4, -0.2) is 41.5 Å². The summed E-state index contributed by atoms with van der Waals surface area (Å²) in [7, 11) is 0. The first-order valence-corrected chi connectivity index (χ1v) is 25.7. The van der Waals surface area contributed by atoms with E-state index < -0.39 is 17.3 Å². The number of aryl methyl sites for hydroxylation is 6. The molecule has 5 N–H and O–H groups in total. The third-order valence-electron chi connectivity index (χ3n) is 14.6. The molecule has 3 aromatic carbocycles. The summed E-state index contributed by atoms with van der Waals surface area (Å²) in [6.45, 7) is 19.3. The average molecular weight is 989 g/mol. The minimum atomic E-state index is -0.552. The van der Waals surface area contributed by atoms with Gasteiger partial charge in [0, 0.05) is 63.7 Å². The predicted octanol–water partition coefficient (Wildman–Crippen LogP) is 13.4. The molecule has 0 aliphatic carbocycles. The maximum Gasteiger partial charge on any atom is 0.411 e. The first kappa shape index (κ1) is 50.6. The fourth-order valence-electron chi connectivity index (χ4n) is 10.7. The number of amides is 2. The highest BCUT2D eigenvalue weighted by atomic mass is 16.5. The van der Waals surface area contributed by atoms with Gasteiger partial charge < -0.3 is 24.6 Å². The van der Waals surface area contributed by atoms with Crippen molar-refractivity contribution in [3.05, 3.63) is 174 Å². The Labute approximate surface area is 430 Å². The molecule has 378 valence electrons. The molecule has 74 heavy (non-hydrogen) atoms. The first-order chi connectivity index (χ1) is 35.7. The van der Waals surface area contributed by atoms with Gasteiger partial charge in [-0.2, -0.15) is 0 Å². The van der Waals surface area contributed by atoms with Gasteiger partial charge >= 0.3 is 11.8 Å². The van der Waals surface area contributed by atoms with E-state index in [-0.39, 0.29) is 25.5 Å². The minimum absolute atomic E-state index is 0.136.